The molecule has 1 aromatic heterocycles. The van der Waals surface area contributed by atoms with E-state index in [1.54, 1.807) is 26.3 Å². The number of nitrogens with zero attached hydrogens (tertiary/aromatic N) is 3. The van der Waals surface area contributed by atoms with Crippen LogP contribution in [0.15, 0.2) is 30.3 Å². The van der Waals surface area contributed by atoms with Crippen LogP contribution in [-0.4, -0.2) is 31.2 Å². The second-order valence-corrected chi connectivity index (χ2v) is 4.25. The van der Waals surface area contributed by atoms with Gasteiger partial charge in [0.15, 0.2) is 5.82 Å². The minimum atomic E-state index is -0.263. The van der Waals surface area contributed by atoms with Crippen LogP contribution in [0, 0.1) is 5.82 Å². The van der Waals surface area contributed by atoms with Crippen molar-refractivity contribution < 1.29 is 9.13 Å². The highest BCUT2D eigenvalue weighted by Gasteiger charge is 2.10. The largest absolute Gasteiger partial charge is 0.377 e. The lowest BCUT2D eigenvalue weighted by molar-refractivity contribution is 0.178. The second-order valence-electron chi connectivity index (χ2n) is 4.25. The summed E-state index contributed by atoms with van der Waals surface area (Å²) in [5, 5.41) is 2.99. The van der Waals surface area contributed by atoms with Gasteiger partial charge in [-0.15, -0.1) is 0 Å². The van der Waals surface area contributed by atoms with E-state index in [-0.39, 0.29) is 5.82 Å². The Bertz CT molecular complexity index is 574. The summed E-state index contributed by atoms with van der Waals surface area (Å²) in [7, 11) is 5.25. The van der Waals surface area contributed by atoms with Crippen LogP contribution in [0.3, 0.4) is 0 Å². The van der Waals surface area contributed by atoms with E-state index in [4.69, 9.17) is 4.74 Å². The summed E-state index contributed by atoms with van der Waals surface area (Å²) in [5.41, 5.74) is 0.843. The first kappa shape index (κ1) is 14.2. The highest BCUT2D eigenvalue weighted by atomic mass is 19.1. The van der Waals surface area contributed by atoms with Gasteiger partial charge in [-0.3, -0.25) is 0 Å². The summed E-state index contributed by atoms with van der Waals surface area (Å²) in [4.78, 5) is 10.6. The summed E-state index contributed by atoms with van der Waals surface area (Å²) in [6, 6.07) is 8.06. The van der Waals surface area contributed by atoms with Gasteiger partial charge in [0.05, 0.1) is 0 Å². The molecule has 0 amide bonds. The van der Waals surface area contributed by atoms with Gasteiger partial charge in [0, 0.05) is 33.0 Å². The van der Waals surface area contributed by atoms with Crippen LogP contribution in [0.5, 0.6) is 0 Å². The molecule has 0 unspecified atom stereocenters. The number of methoxy groups -OCH3 is 1. The number of rotatable bonds is 5. The van der Waals surface area contributed by atoms with Crippen molar-refractivity contribution in [3.8, 4) is 0 Å². The molecular formula is C14H17FN4O. The number of anilines is 3. The van der Waals surface area contributed by atoms with Gasteiger partial charge in [-0.1, -0.05) is 0 Å². The molecule has 0 aliphatic carbocycles. The maximum atomic E-state index is 13.0. The van der Waals surface area contributed by atoms with Crippen LogP contribution in [0.2, 0.25) is 0 Å². The fourth-order valence-electron chi connectivity index (χ4n) is 1.77. The van der Waals surface area contributed by atoms with Crippen molar-refractivity contribution in [1.29, 1.82) is 0 Å². The molecule has 0 atom stereocenters. The number of hydrogen-bond acceptors (Lipinski definition) is 5. The molecule has 5 nitrogen and oxygen atoms in total. The number of halogens is 1. The molecule has 1 aromatic carbocycles. The first-order valence-electron chi connectivity index (χ1n) is 6.18. The summed E-state index contributed by atoms with van der Waals surface area (Å²) in [6.45, 7) is 0.333. The van der Waals surface area contributed by atoms with Crippen molar-refractivity contribution in [3.63, 3.8) is 0 Å². The summed E-state index contributed by atoms with van der Waals surface area (Å²) < 4.78 is 18.0. The third-order valence-corrected chi connectivity index (χ3v) is 2.85. The third-order valence-electron chi connectivity index (χ3n) is 2.85. The van der Waals surface area contributed by atoms with Crippen molar-refractivity contribution in [2.45, 2.75) is 6.61 Å². The van der Waals surface area contributed by atoms with Gasteiger partial charge in [0.2, 0.25) is 0 Å². The quantitative estimate of drug-likeness (QED) is 0.909. The molecule has 2 rings (SSSR count). The number of benzene rings is 1. The molecule has 0 spiro atoms. The summed E-state index contributed by atoms with van der Waals surface area (Å²) in [5.74, 6) is 1.74. The van der Waals surface area contributed by atoms with Crippen LogP contribution in [0.4, 0.5) is 21.7 Å². The zero-order chi connectivity index (χ0) is 14.5. The fraction of sp³-hybridized carbons (Fsp3) is 0.286. The molecule has 0 aliphatic rings. The lowest BCUT2D eigenvalue weighted by Crippen LogP contribution is -2.14. The lowest BCUT2D eigenvalue weighted by Gasteiger charge is -2.19. The van der Waals surface area contributed by atoms with Gasteiger partial charge in [-0.2, -0.15) is 0 Å². The standard InChI is InChI=1S/C14H17FN4O/c1-16-12-8-14(18-13(17-12)9-20-3)19(2)11-6-4-10(15)5-7-11/h4-8H,9H2,1-3H3,(H,16,17,18). The molecule has 0 saturated heterocycles. The zero-order valence-corrected chi connectivity index (χ0v) is 11.7. The Labute approximate surface area is 117 Å². The Morgan fingerprint density at radius 2 is 1.95 bits per heavy atom. The van der Waals surface area contributed by atoms with E-state index in [1.807, 2.05) is 18.0 Å². The molecule has 0 saturated carbocycles. The number of ether oxygens (including phenoxy) is 1. The molecule has 6 heteroatoms. The predicted octanol–water partition coefficient (Wildman–Crippen LogP) is 2.57. The van der Waals surface area contributed by atoms with Crippen molar-refractivity contribution in [1.82, 2.24) is 9.97 Å². The molecule has 0 bridgehead atoms. The topological polar surface area (TPSA) is 50.3 Å². The average Bonchev–Trinajstić information content (AvgIpc) is 2.47. The maximum Gasteiger partial charge on any atom is 0.158 e. The molecule has 0 fully saturated rings. The number of hydrogen-bond donors (Lipinski definition) is 1. The normalized spacial score (nSPS) is 10.4. The molecule has 20 heavy (non-hydrogen) atoms. The molecule has 0 aliphatic heterocycles. The SMILES string of the molecule is CNc1cc(N(C)c2ccc(F)cc2)nc(COC)n1. The average molecular weight is 276 g/mol. The van der Waals surface area contributed by atoms with Crippen LogP contribution in [0.1, 0.15) is 5.82 Å². The highest BCUT2D eigenvalue weighted by molar-refractivity contribution is 5.61. The minimum Gasteiger partial charge on any atom is -0.377 e. The monoisotopic (exact) mass is 276 g/mol. The molecule has 2 aromatic rings. The van der Waals surface area contributed by atoms with E-state index in [2.05, 4.69) is 15.3 Å². The Kier molecular flexibility index (Phi) is 4.47. The van der Waals surface area contributed by atoms with Crippen molar-refractivity contribution in [2.75, 3.05) is 31.4 Å². The first-order valence-corrected chi connectivity index (χ1v) is 6.18. The van der Waals surface area contributed by atoms with Gasteiger partial charge in [0.25, 0.3) is 0 Å². The van der Waals surface area contributed by atoms with Crippen molar-refractivity contribution in [2.24, 2.45) is 0 Å². The van der Waals surface area contributed by atoms with Gasteiger partial charge in [0.1, 0.15) is 24.1 Å². The van der Waals surface area contributed by atoms with Crippen LogP contribution in [-0.2, 0) is 11.3 Å². The summed E-state index contributed by atoms with van der Waals surface area (Å²) >= 11 is 0. The Balaban J connectivity index is 2.34. The zero-order valence-electron chi connectivity index (χ0n) is 11.7. The third kappa shape index (κ3) is 3.21. The highest BCUT2D eigenvalue weighted by Crippen LogP contribution is 2.23. The van der Waals surface area contributed by atoms with Crippen molar-refractivity contribution in [3.05, 3.63) is 42.0 Å². The first-order chi connectivity index (χ1) is 9.63. The van der Waals surface area contributed by atoms with Crippen LogP contribution >= 0.6 is 0 Å². The lowest BCUT2D eigenvalue weighted by atomic mass is 10.3. The second kappa shape index (κ2) is 6.29. The van der Waals surface area contributed by atoms with E-state index < -0.39 is 0 Å². The van der Waals surface area contributed by atoms with Gasteiger partial charge in [-0.25, -0.2) is 14.4 Å². The molecule has 106 valence electrons. The van der Waals surface area contributed by atoms with E-state index in [0.717, 1.165) is 5.69 Å². The van der Waals surface area contributed by atoms with E-state index >= 15 is 0 Å². The van der Waals surface area contributed by atoms with Crippen LogP contribution in [0.25, 0.3) is 0 Å². The van der Waals surface area contributed by atoms with E-state index in [0.29, 0.717) is 24.1 Å². The number of nitrogens with one attached hydrogen (secondary N) is 1. The van der Waals surface area contributed by atoms with Gasteiger partial charge in [-0.05, 0) is 24.3 Å². The van der Waals surface area contributed by atoms with Gasteiger partial charge >= 0.3 is 0 Å². The maximum absolute atomic E-state index is 13.0. The Morgan fingerprint density at radius 3 is 2.55 bits per heavy atom. The fourth-order valence-corrected chi connectivity index (χ4v) is 1.77. The predicted molar refractivity (Wildman–Crippen MR) is 76.8 cm³/mol. The van der Waals surface area contributed by atoms with E-state index in [1.165, 1.54) is 12.1 Å². The molecule has 1 heterocycles. The van der Waals surface area contributed by atoms with Crippen molar-refractivity contribution >= 4 is 17.3 Å². The molecule has 1 N–H and O–H groups in total. The van der Waals surface area contributed by atoms with Crippen LogP contribution < -0.4 is 10.2 Å². The molecule has 0 radical (unpaired) electrons. The number of aromatic nitrogens is 2. The summed E-state index contributed by atoms with van der Waals surface area (Å²) in [6.07, 6.45) is 0. The Morgan fingerprint density at radius 1 is 1.25 bits per heavy atom. The minimum absolute atomic E-state index is 0.263. The Hall–Kier alpha value is -2.21. The van der Waals surface area contributed by atoms with E-state index in [9.17, 15) is 4.39 Å². The van der Waals surface area contributed by atoms with Gasteiger partial charge < -0.3 is 15.0 Å². The smallest absolute Gasteiger partial charge is 0.158 e. The molecular weight excluding hydrogens is 259 g/mol.